The molecule has 0 amide bonds. The summed E-state index contributed by atoms with van der Waals surface area (Å²) in [5.74, 6) is 0.359. The van der Waals surface area contributed by atoms with Gasteiger partial charge in [-0.05, 0) is 12.7 Å². The van der Waals surface area contributed by atoms with E-state index in [-0.39, 0.29) is 5.56 Å². The van der Waals surface area contributed by atoms with Gasteiger partial charge in [0.15, 0.2) is 5.82 Å². The Hall–Kier alpha value is -1.88. The van der Waals surface area contributed by atoms with Gasteiger partial charge in [-0.3, -0.25) is 0 Å². The molecule has 2 rings (SSSR count). The average Bonchev–Trinajstić information content (AvgIpc) is 2.39. The molecule has 1 aromatic carbocycles. The molecule has 0 aliphatic carbocycles. The van der Waals surface area contributed by atoms with Crippen molar-refractivity contribution >= 4 is 17.7 Å². The summed E-state index contributed by atoms with van der Waals surface area (Å²) < 4.78 is 0. The molecule has 19 heavy (non-hydrogen) atoms. The van der Waals surface area contributed by atoms with Gasteiger partial charge in [-0.1, -0.05) is 37.3 Å². The van der Waals surface area contributed by atoms with Crippen LogP contribution in [0.5, 0.6) is 0 Å². The highest BCUT2D eigenvalue weighted by atomic mass is 32.2. The van der Waals surface area contributed by atoms with Crippen LogP contribution >= 0.6 is 11.8 Å². The van der Waals surface area contributed by atoms with E-state index in [9.17, 15) is 9.90 Å². The molecule has 98 valence electrons. The molecule has 0 saturated heterocycles. The second-order valence-electron chi connectivity index (χ2n) is 3.92. The predicted molar refractivity (Wildman–Crippen MR) is 75.6 cm³/mol. The Labute approximate surface area is 115 Å². The summed E-state index contributed by atoms with van der Waals surface area (Å²) in [5, 5.41) is 9.77. The SMILES string of the molecule is CCSc1nc(-c2ccccc2)nc(C)c1C(=O)O. The van der Waals surface area contributed by atoms with E-state index >= 15 is 0 Å². The first-order valence-corrected chi connectivity index (χ1v) is 6.92. The van der Waals surface area contributed by atoms with E-state index in [1.54, 1.807) is 6.92 Å². The fraction of sp³-hybridized carbons (Fsp3) is 0.214. The summed E-state index contributed by atoms with van der Waals surface area (Å²) in [6, 6.07) is 9.56. The third kappa shape index (κ3) is 2.93. The van der Waals surface area contributed by atoms with Gasteiger partial charge in [0.05, 0.1) is 5.69 Å². The van der Waals surface area contributed by atoms with Gasteiger partial charge < -0.3 is 5.11 Å². The molecule has 0 fully saturated rings. The monoisotopic (exact) mass is 274 g/mol. The number of hydrogen-bond donors (Lipinski definition) is 1. The summed E-state index contributed by atoms with van der Waals surface area (Å²) in [4.78, 5) is 20.0. The largest absolute Gasteiger partial charge is 0.478 e. The van der Waals surface area contributed by atoms with Crippen molar-refractivity contribution in [1.29, 1.82) is 0 Å². The predicted octanol–water partition coefficient (Wildman–Crippen LogP) is 3.26. The molecule has 5 heteroatoms. The summed E-state index contributed by atoms with van der Waals surface area (Å²) in [7, 11) is 0. The van der Waals surface area contributed by atoms with E-state index in [2.05, 4.69) is 9.97 Å². The van der Waals surface area contributed by atoms with Gasteiger partial charge in [0.2, 0.25) is 0 Å². The van der Waals surface area contributed by atoms with E-state index in [1.165, 1.54) is 11.8 Å². The first-order valence-electron chi connectivity index (χ1n) is 5.93. The highest BCUT2D eigenvalue weighted by molar-refractivity contribution is 7.99. The van der Waals surface area contributed by atoms with Gasteiger partial charge in [0.1, 0.15) is 10.6 Å². The van der Waals surface area contributed by atoms with Gasteiger partial charge >= 0.3 is 5.97 Å². The molecule has 0 atom stereocenters. The minimum atomic E-state index is -0.979. The van der Waals surface area contributed by atoms with Crippen LogP contribution in [0, 0.1) is 6.92 Å². The zero-order valence-corrected chi connectivity index (χ0v) is 11.6. The van der Waals surface area contributed by atoms with Crippen molar-refractivity contribution in [1.82, 2.24) is 9.97 Å². The topological polar surface area (TPSA) is 63.1 Å². The van der Waals surface area contributed by atoms with Crippen molar-refractivity contribution in [3.05, 3.63) is 41.6 Å². The minimum Gasteiger partial charge on any atom is -0.478 e. The third-order valence-corrected chi connectivity index (χ3v) is 3.44. The fourth-order valence-electron chi connectivity index (χ4n) is 1.75. The maximum atomic E-state index is 11.3. The van der Waals surface area contributed by atoms with E-state index in [0.29, 0.717) is 16.5 Å². The number of carbonyl (C=O) groups is 1. The summed E-state index contributed by atoms with van der Waals surface area (Å²) in [6.07, 6.45) is 0. The summed E-state index contributed by atoms with van der Waals surface area (Å²) >= 11 is 1.42. The molecule has 1 heterocycles. The first kappa shape index (κ1) is 13.5. The van der Waals surface area contributed by atoms with Crippen LogP contribution < -0.4 is 0 Å². The van der Waals surface area contributed by atoms with Crippen LogP contribution in [0.15, 0.2) is 35.4 Å². The molecule has 0 aliphatic heterocycles. The molecule has 1 N–H and O–H groups in total. The molecule has 0 saturated carbocycles. The van der Waals surface area contributed by atoms with E-state index in [0.717, 1.165) is 11.3 Å². The number of thioether (sulfide) groups is 1. The van der Waals surface area contributed by atoms with E-state index in [4.69, 9.17) is 0 Å². The number of hydrogen-bond acceptors (Lipinski definition) is 4. The van der Waals surface area contributed by atoms with Crippen LogP contribution in [0.3, 0.4) is 0 Å². The molecule has 0 unspecified atom stereocenters. The second kappa shape index (κ2) is 5.84. The zero-order chi connectivity index (χ0) is 13.8. The zero-order valence-electron chi connectivity index (χ0n) is 10.8. The average molecular weight is 274 g/mol. The van der Waals surface area contributed by atoms with Crippen molar-refractivity contribution in [2.24, 2.45) is 0 Å². The quantitative estimate of drug-likeness (QED) is 0.685. The number of rotatable bonds is 4. The molecular formula is C14H14N2O2S. The van der Waals surface area contributed by atoms with Crippen LogP contribution in [-0.2, 0) is 0 Å². The molecule has 0 bridgehead atoms. The fourth-order valence-corrected chi connectivity index (χ4v) is 2.55. The highest BCUT2D eigenvalue weighted by Gasteiger charge is 2.18. The van der Waals surface area contributed by atoms with Crippen molar-refractivity contribution in [2.45, 2.75) is 18.9 Å². The number of carboxylic acids is 1. The van der Waals surface area contributed by atoms with Gasteiger partial charge in [-0.2, -0.15) is 0 Å². The molecule has 0 aliphatic rings. The molecule has 4 nitrogen and oxygen atoms in total. The Morgan fingerprint density at radius 1 is 1.26 bits per heavy atom. The number of aromatic nitrogens is 2. The Morgan fingerprint density at radius 2 is 1.95 bits per heavy atom. The lowest BCUT2D eigenvalue weighted by atomic mass is 10.2. The van der Waals surface area contributed by atoms with Crippen LogP contribution in [0.25, 0.3) is 11.4 Å². The van der Waals surface area contributed by atoms with Crippen LogP contribution in [-0.4, -0.2) is 26.8 Å². The molecule has 0 spiro atoms. The second-order valence-corrected chi connectivity index (χ2v) is 5.17. The Balaban J connectivity index is 2.57. The lowest BCUT2D eigenvalue weighted by Gasteiger charge is -2.09. The van der Waals surface area contributed by atoms with Crippen molar-refractivity contribution in [3.63, 3.8) is 0 Å². The third-order valence-electron chi connectivity index (χ3n) is 2.58. The number of carboxylic acid groups (broad SMARTS) is 1. The lowest BCUT2D eigenvalue weighted by molar-refractivity contribution is 0.0691. The van der Waals surface area contributed by atoms with Crippen molar-refractivity contribution in [3.8, 4) is 11.4 Å². The number of aryl methyl sites for hydroxylation is 1. The Morgan fingerprint density at radius 3 is 2.53 bits per heavy atom. The highest BCUT2D eigenvalue weighted by Crippen LogP contribution is 2.26. The maximum Gasteiger partial charge on any atom is 0.340 e. The number of benzene rings is 1. The van der Waals surface area contributed by atoms with Gasteiger partial charge in [0.25, 0.3) is 0 Å². The summed E-state index contributed by atoms with van der Waals surface area (Å²) in [6.45, 7) is 3.67. The van der Waals surface area contributed by atoms with Crippen LogP contribution in [0.2, 0.25) is 0 Å². The Kier molecular flexibility index (Phi) is 4.16. The number of aromatic carboxylic acids is 1. The molecule has 0 radical (unpaired) electrons. The molecule has 2 aromatic rings. The summed E-state index contributed by atoms with van der Waals surface area (Å²) in [5.41, 5.74) is 1.59. The van der Waals surface area contributed by atoms with Gasteiger partial charge in [-0.15, -0.1) is 11.8 Å². The normalized spacial score (nSPS) is 10.4. The van der Waals surface area contributed by atoms with E-state index in [1.807, 2.05) is 37.3 Å². The van der Waals surface area contributed by atoms with Crippen molar-refractivity contribution < 1.29 is 9.90 Å². The van der Waals surface area contributed by atoms with Gasteiger partial charge in [-0.25, -0.2) is 14.8 Å². The molecule has 1 aromatic heterocycles. The standard InChI is InChI=1S/C14H14N2O2S/c1-3-19-13-11(14(17)18)9(2)15-12(16-13)10-7-5-4-6-8-10/h4-8H,3H2,1-2H3,(H,17,18). The van der Waals surface area contributed by atoms with Crippen molar-refractivity contribution in [2.75, 3.05) is 5.75 Å². The van der Waals surface area contributed by atoms with E-state index < -0.39 is 5.97 Å². The number of nitrogens with zero attached hydrogens (tertiary/aromatic N) is 2. The maximum absolute atomic E-state index is 11.3. The smallest absolute Gasteiger partial charge is 0.340 e. The van der Waals surface area contributed by atoms with Crippen LogP contribution in [0.4, 0.5) is 0 Å². The van der Waals surface area contributed by atoms with Crippen LogP contribution in [0.1, 0.15) is 23.0 Å². The minimum absolute atomic E-state index is 0.200. The Bertz CT molecular complexity index is 600. The lowest BCUT2D eigenvalue weighted by Crippen LogP contribution is -2.08. The first-order chi connectivity index (χ1) is 9.13. The van der Waals surface area contributed by atoms with Gasteiger partial charge in [0, 0.05) is 5.56 Å². The molecular weight excluding hydrogens is 260 g/mol.